The van der Waals surface area contributed by atoms with Crippen LogP contribution in [0.4, 0.5) is 5.13 Å². The Hall–Kier alpha value is -1.67. The monoisotopic (exact) mass is 509 g/mol. The van der Waals surface area contributed by atoms with Crippen LogP contribution in [0.5, 0.6) is 5.75 Å². The van der Waals surface area contributed by atoms with Gasteiger partial charge < -0.3 is 9.64 Å². The number of rotatable bonds is 9. The molecule has 0 fully saturated rings. The highest BCUT2D eigenvalue weighted by atomic mass is 79.9. The van der Waals surface area contributed by atoms with Crippen LogP contribution in [-0.2, 0) is 0 Å². The quantitative estimate of drug-likeness (QED) is 0.349. The third-order valence-corrected chi connectivity index (χ3v) is 6.69. The second-order valence-corrected chi connectivity index (χ2v) is 9.00. The number of ether oxygens (including phenoxy) is 1. The van der Waals surface area contributed by atoms with Gasteiger partial charge in [0.2, 0.25) is 0 Å². The molecule has 0 N–H and O–H groups in total. The molecule has 0 bridgehead atoms. The van der Waals surface area contributed by atoms with Gasteiger partial charge in [0, 0.05) is 17.6 Å². The summed E-state index contributed by atoms with van der Waals surface area (Å²) in [7, 11) is 0. The number of thiazole rings is 1. The molecule has 0 aliphatic carbocycles. The smallest absolute Gasteiger partial charge is 0.261 e. The summed E-state index contributed by atoms with van der Waals surface area (Å²) in [6.07, 6.45) is 0. The maximum Gasteiger partial charge on any atom is 0.261 e. The summed E-state index contributed by atoms with van der Waals surface area (Å²) in [6.45, 7) is 9.93. The van der Waals surface area contributed by atoms with Crippen LogP contribution >= 0.6 is 38.9 Å². The van der Waals surface area contributed by atoms with E-state index >= 15 is 0 Å². The van der Waals surface area contributed by atoms with E-state index in [1.165, 1.54) is 11.3 Å². The molecule has 2 aromatic carbocycles. The number of hydrogen-bond acceptors (Lipinski definition) is 5. The summed E-state index contributed by atoms with van der Waals surface area (Å²) in [5.74, 6) is 0.647. The summed E-state index contributed by atoms with van der Waals surface area (Å²) in [6, 6.07) is 11.1. The highest BCUT2D eigenvalue weighted by molar-refractivity contribution is 9.10. The van der Waals surface area contributed by atoms with Crippen LogP contribution in [0.3, 0.4) is 0 Å². The van der Waals surface area contributed by atoms with Crippen molar-refractivity contribution >= 4 is 60.1 Å². The number of aromatic nitrogens is 1. The van der Waals surface area contributed by atoms with E-state index < -0.39 is 0 Å². The van der Waals surface area contributed by atoms with Crippen molar-refractivity contribution in [3.63, 3.8) is 0 Å². The van der Waals surface area contributed by atoms with Crippen LogP contribution in [0.15, 0.2) is 40.9 Å². The van der Waals surface area contributed by atoms with Crippen molar-refractivity contribution in [2.75, 3.05) is 37.7 Å². The predicted octanol–water partition coefficient (Wildman–Crippen LogP) is 6.10. The van der Waals surface area contributed by atoms with E-state index in [9.17, 15) is 4.79 Å². The SMILES string of the molecule is CCOc1ccc2nc(N(CCN(CC)CC)C(=O)c3cc(Br)ccc3Cl)sc2c1. The van der Waals surface area contributed by atoms with Gasteiger partial charge in [0.15, 0.2) is 5.13 Å². The number of amides is 1. The second kappa shape index (κ2) is 10.6. The molecule has 0 unspecified atom stereocenters. The van der Waals surface area contributed by atoms with Crippen molar-refractivity contribution in [3.8, 4) is 5.75 Å². The summed E-state index contributed by atoms with van der Waals surface area (Å²) in [5, 5.41) is 1.09. The molecule has 1 amide bonds. The molecular formula is C22H25BrClN3O2S. The Labute approximate surface area is 194 Å². The number of benzene rings is 2. The van der Waals surface area contributed by atoms with Crippen molar-refractivity contribution in [1.29, 1.82) is 0 Å². The molecule has 0 atom stereocenters. The normalized spacial score (nSPS) is 11.3. The summed E-state index contributed by atoms with van der Waals surface area (Å²) < 4.78 is 7.40. The minimum atomic E-state index is -0.155. The maximum atomic E-state index is 13.5. The van der Waals surface area contributed by atoms with Gasteiger partial charge in [-0.2, -0.15) is 0 Å². The van der Waals surface area contributed by atoms with E-state index in [-0.39, 0.29) is 5.91 Å². The van der Waals surface area contributed by atoms with Gasteiger partial charge in [-0.1, -0.05) is 52.7 Å². The topological polar surface area (TPSA) is 45.7 Å². The van der Waals surface area contributed by atoms with Crippen molar-refractivity contribution in [3.05, 3.63) is 51.5 Å². The minimum Gasteiger partial charge on any atom is -0.494 e. The van der Waals surface area contributed by atoms with E-state index in [2.05, 4.69) is 34.7 Å². The van der Waals surface area contributed by atoms with E-state index in [0.29, 0.717) is 28.9 Å². The van der Waals surface area contributed by atoms with Crippen LogP contribution in [0.2, 0.25) is 5.02 Å². The molecule has 3 rings (SSSR count). The van der Waals surface area contributed by atoms with Crippen LogP contribution in [0.1, 0.15) is 31.1 Å². The standard InChI is InChI=1S/C22H25BrClN3O2S/c1-4-26(5-2)11-12-27(21(28)17-13-15(23)7-9-18(17)24)22-25-19-10-8-16(29-6-3)14-20(19)30-22/h7-10,13-14H,4-6,11-12H2,1-3H3. The molecule has 1 aromatic heterocycles. The molecule has 0 spiro atoms. The van der Waals surface area contributed by atoms with Gasteiger partial charge in [-0.15, -0.1) is 0 Å². The number of fused-ring (bicyclic) bond motifs is 1. The zero-order valence-corrected chi connectivity index (χ0v) is 20.5. The number of hydrogen-bond donors (Lipinski definition) is 0. The molecule has 1 heterocycles. The third-order valence-electron chi connectivity index (χ3n) is 4.83. The Morgan fingerprint density at radius 2 is 1.90 bits per heavy atom. The molecule has 0 aliphatic heterocycles. The fraction of sp³-hybridized carbons (Fsp3) is 0.364. The summed E-state index contributed by atoms with van der Waals surface area (Å²) in [4.78, 5) is 22.2. The van der Waals surface area contributed by atoms with Crippen molar-refractivity contribution < 1.29 is 9.53 Å². The Balaban J connectivity index is 1.99. The first-order valence-corrected chi connectivity index (χ1v) is 12.0. The molecule has 30 heavy (non-hydrogen) atoms. The predicted molar refractivity (Wildman–Crippen MR) is 129 cm³/mol. The summed E-state index contributed by atoms with van der Waals surface area (Å²) in [5.41, 5.74) is 1.30. The Morgan fingerprint density at radius 1 is 1.13 bits per heavy atom. The van der Waals surface area contributed by atoms with Crippen molar-refractivity contribution in [1.82, 2.24) is 9.88 Å². The van der Waals surface area contributed by atoms with Gasteiger partial charge >= 0.3 is 0 Å². The number of carbonyl (C=O) groups excluding carboxylic acids is 1. The van der Waals surface area contributed by atoms with E-state index in [1.807, 2.05) is 31.2 Å². The fourth-order valence-corrected chi connectivity index (χ4v) is 4.71. The largest absolute Gasteiger partial charge is 0.494 e. The lowest BCUT2D eigenvalue weighted by molar-refractivity contribution is 0.0984. The average Bonchev–Trinajstić information content (AvgIpc) is 3.16. The molecule has 0 saturated heterocycles. The third kappa shape index (κ3) is 5.32. The first-order chi connectivity index (χ1) is 14.5. The second-order valence-electron chi connectivity index (χ2n) is 6.67. The van der Waals surface area contributed by atoms with Gasteiger partial charge in [0.25, 0.3) is 5.91 Å². The Morgan fingerprint density at radius 3 is 2.60 bits per heavy atom. The molecule has 0 saturated carbocycles. The van der Waals surface area contributed by atoms with Gasteiger partial charge in [-0.25, -0.2) is 4.98 Å². The van der Waals surface area contributed by atoms with Crippen LogP contribution < -0.4 is 9.64 Å². The molecule has 160 valence electrons. The zero-order chi connectivity index (χ0) is 21.7. The minimum absolute atomic E-state index is 0.155. The molecular weight excluding hydrogens is 486 g/mol. The van der Waals surface area contributed by atoms with Crippen LogP contribution in [0.25, 0.3) is 10.2 Å². The van der Waals surface area contributed by atoms with E-state index in [1.54, 1.807) is 17.0 Å². The Bertz CT molecular complexity index is 1020. The van der Waals surface area contributed by atoms with E-state index in [4.69, 9.17) is 21.3 Å². The number of nitrogens with zero attached hydrogens (tertiary/aromatic N) is 3. The maximum absolute atomic E-state index is 13.5. The van der Waals surface area contributed by atoms with Crippen molar-refractivity contribution in [2.24, 2.45) is 0 Å². The first kappa shape index (κ1) is 23.0. The molecule has 5 nitrogen and oxygen atoms in total. The van der Waals surface area contributed by atoms with Crippen LogP contribution in [-0.4, -0.2) is 48.6 Å². The molecule has 8 heteroatoms. The van der Waals surface area contributed by atoms with Gasteiger partial charge in [0.05, 0.1) is 27.4 Å². The lowest BCUT2D eigenvalue weighted by Crippen LogP contribution is -2.39. The number of halogens is 2. The zero-order valence-electron chi connectivity index (χ0n) is 17.3. The lowest BCUT2D eigenvalue weighted by Gasteiger charge is -2.25. The number of likely N-dealkylation sites (N-methyl/N-ethyl adjacent to an activating group) is 1. The first-order valence-electron chi connectivity index (χ1n) is 9.99. The fourth-order valence-electron chi connectivity index (χ4n) is 3.14. The molecule has 0 radical (unpaired) electrons. The van der Waals surface area contributed by atoms with Crippen LogP contribution in [0, 0.1) is 0 Å². The number of anilines is 1. The van der Waals surface area contributed by atoms with Crippen molar-refractivity contribution in [2.45, 2.75) is 20.8 Å². The van der Waals surface area contributed by atoms with E-state index in [0.717, 1.165) is 40.1 Å². The van der Waals surface area contributed by atoms with Gasteiger partial charge in [-0.3, -0.25) is 9.69 Å². The molecule has 3 aromatic rings. The van der Waals surface area contributed by atoms with Gasteiger partial charge in [-0.05, 0) is 56.4 Å². The lowest BCUT2D eigenvalue weighted by atomic mass is 10.2. The van der Waals surface area contributed by atoms with Gasteiger partial charge in [0.1, 0.15) is 5.75 Å². The summed E-state index contributed by atoms with van der Waals surface area (Å²) >= 11 is 11.3. The Kier molecular flexibility index (Phi) is 8.11. The average molecular weight is 511 g/mol. The highest BCUT2D eigenvalue weighted by Crippen LogP contribution is 2.33. The molecule has 0 aliphatic rings. The highest BCUT2D eigenvalue weighted by Gasteiger charge is 2.24. The number of carbonyl (C=O) groups is 1.